The second kappa shape index (κ2) is 5.13. The summed E-state index contributed by atoms with van der Waals surface area (Å²) in [7, 11) is 3.69. The van der Waals surface area contributed by atoms with Gasteiger partial charge in [0.05, 0.1) is 6.61 Å². The van der Waals surface area contributed by atoms with E-state index in [0.717, 1.165) is 6.32 Å². The van der Waals surface area contributed by atoms with E-state index in [2.05, 4.69) is 0 Å². The zero-order valence-corrected chi connectivity index (χ0v) is 5.55. The summed E-state index contributed by atoms with van der Waals surface area (Å²) in [5.74, 6) is 0.333. The van der Waals surface area contributed by atoms with Crippen LogP contribution >= 0.6 is 0 Å². The number of aliphatic hydroxyl groups excluding tert-OH is 1. The highest BCUT2D eigenvalue weighted by Gasteiger charge is 2.00. The van der Waals surface area contributed by atoms with Gasteiger partial charge in [-0.1, -0.05) is 6.32 Å². The Balaban J connectivity index is 3.07. The molecule has 0 radical (unpaired) electrons. The van der Waals surface area contributed by atoms with Crippen LogP contribution in [0.1, 0.15) is 0 Å². The normalized spacial score (nSPS) is 13.8. The molecule has 1 unspecified atom stereocenters. The second-order valence-electron chi connectivity index (χ2n) is 1.91. The SMILES string of the molecule is BCC(CO)COC. The lowest BCUT2D eigenvalue weighted by Gasteiger charge is -2.07. The first-order valence-electron chi connectivity index (χ1n) is 2.95. The highest BCUT2D eigenvalue weighted by atomic mass is 16.5. The lowest BCUT2D eigenvalue weighted by atomic mass is 9.93. The molecule has 0 saturated heterocycles. The first-order valence-corrected chi connectivity index (χ1v) is 2.95. The van der Waals surface area contributed by atoms with Crippen LogP contribution in [0.15, 0.2) is 0 Å². The summed E-state index contributed by atoms with van der Waals surface area (Å²) < 4.78 is 4.83. The molecule has 0 aromatic heterocycles. The number of hydrogen-bond acceptors (Lipinski definition) is 2. The van der Waals surface area contributed by atoms with Crippen molar-refractivity contribution in [2.45, 2.75) is 6.32 Å². The van der Waals surface area contributed by atoms with Gasteiger partial charge in [0, 0.05) is 13.7 Å². The Morgan fingerprint density at radius 2 is 2.38 bits per heavy atom. The van der Waals surface area contributed by atoms with E-state index < -0.39 is 0 Å². The number of aliphatic hydroxyl groups is 1. The molecule has 3 heteroatoms. The predicted octanol–water partition coefficient (Wildman–Crippen LogP) is -0.707. The number of hydrogen-bond donors (Lipinski definition) is 1. The third-order valence-electron chi connectivity index (χ3n) is 1.24. The van der Waals surface area contributed by atoms with Crippen molar-refractivity contribution in [3.05, 3.63) is 0 Å². The average molecular weight is 116 g/mol. The highest BCUT2D eigenvalue weighted by molar-refractivity contribution is 6.08. The lowest BCUT2D eigenvalue weighted by Crippen LogP contribution is -2.11. The molecule has 0 bridgehead atoms. The summed E-state index contributed by atoms with van der Waals surface area (Å²) >= 11 is 0. The van der Waals surface area contributed by atoms with Crippen LogP contribution in [0.25, 0.3) is 0 Å². The van der Waals surface area contributed by atoms with Crippen LogP contribution in [0.5, 0.6) is 0 Å². The molecular formula is C5H13BO2. The summed E-state index contributed by atoms with van der Waals surface area (Å²) in [6, 6.07) is 0. The van der Waals surface area contributed by atoms with Gasteiger partial charge < -0.3 is 9.84 Å². The molecule has 0 saturated carbocycles. The van der Waals surface area contributed by atoms with Crippen LogP contribution in [0.4, 0.5) is 0 Å². The Bertz CT molecular complexity index is 45.7. The average Bonchev–Trinajstić information content (AvgIpc) is 1.83. The smallest absolute Gasteiger partial charge is 0.101 e. The van der Waals surface area contributed by atoms with Crippen LogP contribution in [-0.2, 0) is 4.74 Å². The Kier molecular flexibility index (Phi) is 5.12. The number of rotatable bonds is 4. The summed E-state index contributed by atoms with van der Waals surface area (Å²) in [6.45, 7) is 0.914. The van der Waals surface area contributed by atoms with Crippen LogP contribution in [-0.4, -0.2) is 33.3 Å². The molecule has 0 aliphatic heterocycles. The first-order chi connectivity index (χ1) is 3.85. The van der Waals surface area contributed by atoms with Crippen molar-refractivity contribution in [1.29, 1.82) is 0 Å². The van der Waals surface area contributed by atoms with E-state index in [1.807, 2.05) is 7.85 Å². The van der Waals surface area contributed by atoms with Gasteiger partial charge in [-0.3, -0.25) is 0 Å². The second-order valence-corrected chi connectivity index (χ2v) is 1.91. The maximum absolute atomic E-state index is 8.58. The number of methoxy groups -OCH3 is 1. The quantitative estimate of drug-likeness (QED) is 0.491. The molecule has 48 valence electrons. The molecule has 0 spiro atoms. The molecule has 1 atom stereocenters. The van der Waals surface area contributed by atoms with Gasteiger partial charge >= 0.3 is 0 Å². The Morgan fingerprint density at radius 1 is 1.75 bits per heavy atom. The maximum atomic E-state index is 8.58. The summed E-state index contributed by atoms with van der Waals surface area (Å²) in [5.41, 5.74) is 0. The van der Waals surface area contributed by atoms with Crippen molar-refractivity contribution < 1.29 is 9.84 Å². The molecule has 0 amide bonds. The van der Waals surface area contributed by atoms with Crippen molar-refractivity contribution >= 4 is 7.85 Å². The third-order valence-corrected chi connectivity index (χ3v) is 1.24. The van der Waals surface area contributed by atoms with Crippen LogP contribution in [0.3, 0.4) is 0 Å². The number of ether oxygens (including phenoxy) is 1. The van der Waals surface area contributed by atoms with Gasteiger partial charge in [0.2, 0.25) is 0 Å². The topological polar surface area (TPSA) is 29.5 Å². The molecule has 0 aromatic carbocycles. The largest absolute Gasteiger partial charge is 0.396 e. The Labute approximate surface area is 51.3 Å². The maximum Gasteiger partial charge on any atom is 0.101 e. The Morgan fingerprint density at radius 3 is 2.50 bits per heavy atom. The molecule has 0 rings (SSSR count). The fourth-order valence-electron chi connectivity index (χ4n) is 0.535. The van der Waals surface area contributed by atoms with E-state index in [-0.39, 0.29) is 6.61 Å². The van der Waals surface area contributed by atoms with Gasteiger partial charge in [-0.25, -0.2) is 0 Å². The van der Waals surface area contributed by atoms with E-state index in [4.69, 9.17) is 9.84 Å². The Hall–Kier alpha value is -0.0151. The van der Waals surface area contributed by atoms with Crippen molar-refractivity contribution in [3.63, 3.8) is 0 Å². The summed E-state index contributed by atoms with van der Waals surface area (Å²) in [5, 5.41) is 8.58. The monoisotopic (exact) mass is 116 g/mol. The third kappa shape index (κ3) is 3.05. The molecule has 8 heavy (non-hydrogen) atoms. The summed E-state index contributed by atoms with van der Waals surface area (Å²) in [4.78, 5) is 0. The standard InChI is InChI=1S/C5H13BO2/c1-8-4-5(2-6)3-7/h5,7H,2-4,6H2,1H3. The van der Waals surface area contributed by atoms with Gasteiger partial charge in [0.25, 0.3) is 0 Å². The molecular weight excluding hydrogens is 103 g/mol. The van der Waals surface area contributed by atoms with Crippen molar-refractivity contribution in [3.8, 4) is 0 Å². The predicted molar refractivity (Wildman–Crippen MR) is 35.8 cm³/mol. The lowest BCUT2D eigenvalue weighted by molar-refractivity contribution is 0.119. The van der Waals surface area contributed by atoms with Gasteiger partial charge in [-0.2, -0.15) is 0 Å². The van der Waals surface area contributed by atoms with Gasteiger partial charge in [0.1, 0.15) is 7.85 Å². The van der Waals surface area contributed by atoms with Crippen molar-refractivity contribution in [1.82, 2.24) is 0 Å². The van der Waals surface area contributed by atoms with Crippen LogP contribution < -0.4 is 0 Å². The molecule has 0 fully saturated rings. The minimum Gasteiger partial charge on any atom is -0.396 e. The first kappa shape index (κ1) is 7.98. The molecule has 0 aliphatic rings. The van der Waals surface area contributed by atoms with Gasteiger partial charge in [-0.15, -0.1) is 0 Å². The zero-order chi connectivity index (χ0) is 6.41. The van der Waals surface area contributed by atoms with Gasteiger partial charge in [-0.05, 0) is 5.92 Å². The fourth-order valence-corrected chi connectivity index (χ4v) is 0.535. The van der Waals surface area contributed by atoms with Crippen LogP contribution in [0.2, 0.25) is 6.32 Å². The van der Waals surface area contributed by atoms with Gasteiger partial charge in [0.15, 0.2) is 0 Å². The molecule has 0 aromatic rings. The molecule has 1 N–H and O–H groups in total. The van der Waals surface area contributed by atoms with E-state index in [1.165, 1.54) is 0 Å². The van der Waals surface area contributed by atoms with E-state index in [9.17, 15) is 0 Å². The molecule has 2 nitrogen and oxygen atoms in total. The van der Waals surface area contributed by atoms with E-state index in [0.29, 0.717) is 12.5 Å². The minimum absolute atomic E-state index is 0.240. The van der Waals surface area contributed by atoms with Crippen molar-refractivity contribution in [2.75, 3.05) is 20.3 Å². The highest BCUT2D eigenvalue weighted by Crippen LogP contribution is 1.98. The van der Waals surface area contributed by atoms with Crippen LogP contribution in [0, 0.1) is 5.92 Å². The fraction of sp³-hybridized carbons (Fsp3) is 1.00. The zero-order valence-electron chi connectivity index (χ0n) is 5.55. The summed E-state index contributed by atoms with van der Waals surface area (Å²) in [6.07, 6.45) is 0.990. The minimum atomic E-state index is 0.240. The van der Waals surface area contributed by atoms with E-state index in [1.54, 1.807) is 7.11 Å². The van der Waals surface area contributed by atoms with E-state index >= 15 is 0 Å². The molecule has 0 aliphatic carbocycles. The molecule has 0 heterocycles. The van der Waals surface area contributed by atoms with Crippen molar-refractivity contribution in [2.24, 2.45) is 5.92 Å².